The molecule has 0 unspecified atom stereocenters. The van der Waals surface area contributed by atoms with Crippen molar-refractivity contribution in [3.63, 3.8) is 0 Å². The van der Waals surface area contributed by atoms with Gasteiger partial charge < -0.3 is 0 Å². The van der Waals surface area contributed by atoms with Gasteiger partial charge in [-0.3, -0.25) is 0 Å². The minimum Gasteiger partial charge on any atom is -0.231 e. The number of hydrogen-bond acceptors (Lipinski definition) is 6. The smallest absolute Gasteiger partial charge is 0.0579 e. The average molecular weight is 213 g/mol. The molecule has 0 saturated heterocycles. The minimum absolute atomic E-state index is 0. The van der Waals surface area contributed by atoms with E-state index in [1.54, 1.807) is 0 Å². The maximum Gasteiger partial charge on any atom is 0.0579 e. The van der Waals surface area contributed by atoms with E-state index in [1.807, 2.05) is 0 Å². The van der Waals surface area contributed by atoms with Gasteiger partial charge in [-0.2, -0.15) is 0 Å². The molecule has 0 aromatic heterocycles. The first-order chi connectivity index (χ1) is 5.85. The third-order valence-corrected chi connectivity index (χ3v) is 1.40. The van der Waals surface area contributed by atoms with Crippen LogP contribution in [0.25, 0.3) is 0 Å². The van der Waals surface area contributed by atoms with Crippen LogP contribution in [0, 0.1) is 0 Å². The quantitative estimate of drug-likeness (QED) is 0.367. The molecule has 0 aliphatic rings. The molecule has 6 heteroatoms. The van der Waals surface area contributed by atoms with E-state index in [4.69, 9.17) is 10.5 Å². The van der Waals surface area contributed by atoms with Gasteiger partial charge in [-0.05, 0) is 11.5 Å². The summed E-state index contributed by atoms with van der Waals surface area (Å²) in [7, 11) is 0. The molecule has 0 fully saturated rings. The number of hydrogen-bond donors (Lipinski definition) is 2. The summed E-state index contributed by atoms with van der Waals surface area (Å²) in [4.78, 5) is 7.69. The van der Waals surface area contributed by atoms with Crippen molar-refractivity contribution >= 4 is 0 Å². The normalized spacial score (nSPS) is 9.43. The molecule has 0 amide bonds. The van der Waals surface area contributed by atoms with Gasteiger partial charge in [0.05, 0.1) is 6.54 Å². The molecule has 0 aliphatic carbocycles. The highest BCUT2D eigenvalue weighted by molar-refractivity contribution is 4.39. The standard InChI is InChI=1S/C6H15NO5.2CH4/c1-2-3-4-5-6-7(10-8)11-12-9;;/h8-9H,2-6H2,1H3;2*1H4. The van der Waals surface area contributed by atoms with Gasteiger partial charge in [-0.1, -0.05) is 46.0 Å². The summed E-state index contributed by atoms with van der Waals surface area (Å²) in [6.45, 7) is 2.42. The largest absolute Gasteiger partial charge is 0.231 e. The first kappa shape index (κ1) is 19.4. The van der Waals surface area contributed by atoms with Gasteiger partial charge in [0, 0.05) is 5.23 Å². The highest BCUT2D eigenvalue weighted by Gasteiger charge is 2.05. The Kier molecular flexibility index (Phi) is 21.1. The maximum atomic E-state index is 8.12. The summed E-state index contributed by atoms with van der Waals surface area (Å²) in [5, 5.41) is 19.9. The number of nitrogens with zero attached hydrogens (tertiary/aromatic N) is 1. The molecule has 0 heterocycles. The molecule has 0 bridgehead atoms. The van der Waals surface area contributed by atoms with Gasteiger partial charge in [0.1, 0.15) is 0 Å². The monoisotopic (exact) mass is 213 g/mol. The molecule has 0 aromatic rings. The summed E-state index contributed by atoms with van der Waals surface area (Å²) in [5.74, 6) is 0. The molecule has 2 N–H and O–H groups in total. The number of hydroxylamine groups is 2. The van der Waals surface area contributed by atoms with Crippen LogP contribution in [0.3, 0.4) is 0 Å². The summed E-state index contributed by atoms with van der Waals surface area (Å²) < 4.78 is 0. The van der Waals surface area contributed by atoms with Crippen LogP contribution in [0.15, 0.2) is 0 Å². The Bertz CT molecular complexity index is 93.8. The van der Waals surface area contributed by atoms with Crippen molar-refractivity contribution in [2.45, 2.75) is 47.5 Å². The van der Waals surface area contributed by atoms with E-state index in [1.165, 1.54) is 0 Å². The van der Waals surface area contributed by atoms with Crippen LogP contribution >= 0.6 is 0 Å². The summed E-state index contributed by atoms with van der Waals surface area (Å²) in [5.41, 5.74) is 0. The predicted molar refractivity (Wildman–Crippen MR) is 52.8 cm³/mol. The van der Waals surface area contributed by atoms with Crippen molar-refractivity contribution in [2.24, 2.45) is 0 Å². The van der Waals surface area contributed by atoms with Crippen molar-refractivity contribution < 1.29 is 25.5 Å². The van der Waals surface area contributed by atoms with Crippen LogP contribution in [0.4, 0.5) is 0 Å². The summed E-state index contributed by atoms with van der Waals surface area (Å²) in [6, 6.07) is 0. The Hall–Kier alpha value is -0.240. The van der Waals surface area contributed by atoms with Crippen LogP contribution in [0.1, 0.15) is 47.5 Å². The van der Waals surface area contributed by atoms with Crippen LogP contribution in [0.2, 0.25) is 0 Å². The summed E-state index contributed by atoms with van der Waals surface area (Å²) >= 11 is 0. The number of unbranched alkanes of at least 4 members (excludes halogenated alkanes) is 3. The fraction of sp³-hybridized carbons (Fsp3) is 1.00. The highest BCUT2D eigenvalue weighted by Crippen LogP contribution is 2.01. The van der Waals surface area contributed by atoms with E-state index >= 15 is 0 Å². The zero-order valence-electron chi connectivity index (χ0n) is 7.10. The maximum absolute atomic E-state index is 8.12. The van der Waals surface area contributed by atoms with Gasteiger partial charge in [-0.25, -0.2) is 10.5 Å². The van der Waals surface area contributed by atoms with Crippen molar-refractivity contribution in [1.82, 2.24) is 5.23 Å². The first-order valence-corrected chi connectivity index (χ1v) is 3.92. The fourth-order valence-corrected chi connectivity index (χ4v) is 0.797. The zero-order chi connectivity index (χ0) is 9.23. The van der Waals surface area contributed by atoms with Crippen molar-refractivity contribution in [3.8, 4) is 0 Å². The van der Waals surface area contributed by atoms with Gasteiger partial charge in [0.2, 0.25) is 0 Å². The highest BCUT2D eigenvalue weighted by atomic mass is 17.6. The molecule has 0 rings (SSSR count). The molecule has 14 heavy (non-hydrogen) atoms. The molecule has 0 atom stereocenters. The molecular weight excluding hydrogens is 190 g/mol. The molecule has 0 radical (unpaired) electrons. The van der Waals surface area contributed by atoms with Gasteiger partial charge >= 0.3 is 0 Å². The van der Waals surface area contributed by atoms with Gasteiger partial charge in [0.25, 0.3) is 0 Å². The van der Waals surface area contributed by atoms with E-state index < -0.39 is 0 Å². The average Bonchev–Trinajstić information content (AvgIpc) is 2.10. The second-order valence-electron chi connectivity index (χ2n) is 2.35. The number of rotatable bonds is 8. The summed E-state index contributed by atoms with van der Waals surface area (Å²) in [6.07, 6.45) is 4.03. The lowest BCUT2D eigenvalue weighted by Gasteiger charge is -2.11. The molecule has 0 aliphatic heterocycles. The second-order valence-corrected chi connectivity index (χ2v) is 2.35. The third-order valence-electron chi connectivity index (χ3n) is 1.40. The lowest BCUT2D eigenvalue weighted by molar-refractivity contribution is -0.658. The van der Waals surface area contributed by atoms with Crippen LogP contribution in [-0.2, 0) is 15.0 Å². The molecule has 0 spiro atoms. The SMILES string of the molecule is C.C.CCCCCCN(OO)OOO. The molecule has 6 nitrogen and oxygen atoms in total. The Morgan fingerprint density at radius 2 is 1.71 bits per heavy atom. The Morgan fingerprint density at radius 1 is 1.07 bits per heavy atom. The van der Waals surface area contributed by atoms with E-state index in [9.17, 15) is 0 Å². The topological polar surface area (TPSA) is 71.4 Å². The van der Waals surface area contributed by atoms with Crippen molar-refractivity contribution in [2.75, 3.05) is 6.54 Å². The van der Waals surface area contributed by atoms with E-state index in [-0.39, 0.29) is 14.9 Å². The Labute approximate surface area is 85.7 Å². The second kappa shape index (κ2) is 15.2. The van der Waals surface area contributed by atoms with E-state index in [2.05, 4.69) is 21.9 Å². The van der Waals surface area contributed by atoms with Crippen LogP contribution in [-0.4, -0.2) is 22.3 Å². The third kappa shape index (κ3) is 11.8. The van der Waals surface area contributed by atoms with E-state index in [0.29, 0.717) is 11.8 Å². The lowest BCUT2D eigenvalue weighted by Crippen LogP contribution is -2.23. The minimum atomic E-state index is 0. The van der Waals surface area contributed by atoms with Crippen molar-refractivity contribution in [3.05, 3.63) is 0 Å². The van der Waals surface area contributed by atoms with Gasteiger partial charge in [0.15, 0.2) is 0 Å². The van der Waals surface area contributed by atoms with Crippen LogP contribution < -0.4 is 0 Å². The fourth-order valence-electron chi connectivity index (χ4n) is 0.797. The zero-order valence-corrected chi connectivity index (χ0v) is 7.10. The molecule has 0 aromatic carbocycles. The molecule has 90 valence electrons. The predicted octanol–water partition coefficient (Wildman–Crippen LogP) is 2.88. The first-order valence-electron chi connectivity index (χ1n) is 3.92. The van der Waals surface area contributed by atoms with E-state index in [0.717, 1.165) is 25.7 Å². The molecular formula is C8H23NO5. The molecule has 0 saturated carbocycles. The van der Waals surface area contributed by atoms with Crippen molar-refractivity contribution in [1.29, 1.82) is 0 Å². The Morgan fingerprint density at radius 3 is 2.14 bits per heavy atom. The van der Waals surface area contributed by atoms with Crippen LogP contribution in [0.5, 0.6) is 0 Å². The lowest BCUT2D eigenvalue weighted by atomic mass is 10.2. The van der Waals surface area contributed by atoms with Gasteiger partial charge in [-0.15, -0.1) is 4.99 Å². The Balaban J connectivity index is -0.000000605.